The van der Waals surface area contributed by atoms with Crippen molar-refractivity contribution >= 4 is 48.4 Å². The average Bonchev–Trinajstić information content (AvgIpc) is 3.00. The molecule has 4 aromatic rings. The molecule has 1 N–H and O–H groups in total. The van der Waals surface area contributed by atoms with Gasteiger partial charge >= 0.3 is 0 Å². The van der Waals surface area contributed by atoms with E-state index in [9.17, 15) is 4.39 Å². The van der Waals surface area contributed by atoms with E-state index in [1.807, 2.05) is 24.3 Å². The molecule has 0 saturated heterocycles. The Morgan fingerprint density at radius 1 is 1.10 bits per heavy atom. The van der Waals surface area contributed by atoms with Crippen LogP contribution in [0.25, 0.3) is 31.8 Å². The summed E-state index contributed by atoms with van der Waals surface area (Å²) in [6.07, 6.45) is 0. The summed E-state index contributed by atoms with van der Waals surface area (Å²) < 4.78 is 15.2. The second kappa shape index (κ2) is 4.40. The molecule has 0 aliphatic carbocycles. The van der Waals surface area contributed by atoms with Crippen molar-refractivity contribution in [1.82, 2.24) is 9.97 Å². The number of aromatic nitrogens is 2. The summed E-state index contributed by atoms with van der Waals surface area (Å²) >= 11 is 4.99. The van der Waals surface area contributed by atoms with Gasteiger partial charge in [-0.05, 0) is 41.8 Å². The molecule has 20 heavy (non-hydrogen) atoms. The van der Waals surface area contributed by atoms with Crippen LogP contribution in [0.5, 0.6) is 0 Å². The van der Waals surface area contributed by atoms with Crippen molar-refractivity contribution in [3.63, 3.8) is 0 Å². The van der Waals surface area contributed by atoms with Crippen LogP contribution >= 0.6 is 27.3 Å². The molecule has 0 radical (unpaired) electrons. The quantitative estimate of drug-likeness (QED) is 0.494. The molecule has 0 spiro atoms. The summed E-state index contributed by atoms with van der Waals surface area (Å²) in [5, 5.41) is 1.04. The number of fused-ring (bicyclic) bond motifs is 2. The fourth-order valence-corrected chi connectivity index (χ4v) is 3.61. The second-order valence-electron chi connectivity index (χ2n) is 4.54. The topological polar surface area (TPSA) is 28.7 Å². The van der Waals surface area contributed by atoms with Crippen LogP contribution in [0.4, 0.5) is 4.39 Å². The third-order valence-corrected chi connectivity index (χ3v) is 4.76. The SMILES string of the molecule is Fc1ccc2cc(-c3nc4ccc(Br)cc4[nH]3)sc2c1. The fourth-order valence-electron chi connectivity index (χ4n) is 2.22. The van der Waals surface area contributed by atoms with Gasteiger partial charge in [-0.25, -0.2) is 9.37 Å². The first-order valence-corrected chi connectivity index (χ1v) is 7.65. The number of H-pyrrole nitrogens is 1. The fraction of sp³-hybridized carbons (Fsp3) is 0. The van der Waals surface area contributed by atoms with E-state index >= 15 is 0 Å². The second-order valence-corrected chi connectivity index (χ2v) is 6.54. The zero-order chi connectivity index (χ0) is 13.7. The van der Waals surface area contributed by atoms with Gasteiger partial charge < -0.3 is 4.98 Å². The first-order valence-electron chi connectivity index (χ1n) is 6.04. The zero-order valence-corrected chi connectivity index (χ0v) is 12.6. The molecule has 98 valence electrons. The van der Waals surface area contributed by atoms with Gasteiger partial charge in [0.25, 0.3) is 0 Å². The van der Waals surface area contributed by atoms with Crippen molar-refractivity contribution in [3.05, 3.63) is 52.8 Å². The number of rotatable bonds is 1. The molecule has 0 bridgehead atoms. The van der Waals surface area contributed by atoms with Gasteiger partial charge in [0.05, 0.1) is 15.9 Å². The van der Waals surface area contributed by atoms with E-state index < -0.39 is 0 Å². The predicted molar refractivity (Wildman–Crippen MR) is 84.6 cm³/mol. The average molecular weight is 347 g/mol. The molecule has 2 nitrogen and oxygen atoms in total. The summed E-state index contributed by atoms with van der Waals surface area (Å²) in [4.78, 5) is 8.90. The van der Waals surface area contributed by atoms with Crippen molar-refractivity contribution in [2.45, 2.75) is 0 Å². The number of hydrogen-bond donors (Lipinski definition) is 1. The van der Waals surface area contributed by atoms with E-state index in [0.29, 0.717) is 0 Å². The molecule has 0 aliphatic heterocycles. The molecular weight excluding hydrogens is 339 g/mol. The van der Waals surface area contributed by atoms with Gasteiger partial charge in [0.1, 0.15) is 11.6 Å². The number of aromatic amines is 1. The molecule has 0 atom stereocenters. The highest BCUT2D eigenvalue weighted by atomic mass is 79.9. The van der Waals surface area contributed by atoms with E-state index in [1.54, 1.807) is 12.1 Å². The summed E-state index contributed by atoms with van der Waals surface area (Å²) in [7, 11) is 0. The van der Waals surface area contributed by atoms with Gasteiger partial charge in [-0.1, -0.05) is 22.0 Å². The van der Waals surface area contributed by atoms with Crippen LogP contribution in [0.2, 0.25) is 0 Å². The van der Waals surface area contributed by atoms with Crippen LogP contribution < -0.4 is 0 Å². The zero-order valence-electron chi connectivity index (χ0n) is 10.2. The number of benzene rings is 2. The van der Waals surface area contributed by atoms with E-state index in [1.165, 1.54) is 17.4 Å². The molecular formula is C15H8BrFN2S. The Balaban J connectivity index is 1.91. The lowest BCUT2D eigenvalue weighted by atomic mass is 10.2. The minimum Gasteiger partial charge on any atom is -0.337 e. The van der Waals surface area contributed by atoms with Gasteiger partial charge in [-0.15, -0.1) is 11.3 Å². The van der Waals surface area contributed by atoms with Crippen LogP contribution in [-0.4, -0.2) is 9.97 Å². The van der Waals surface area contributed by atoms with E-state index in [2.05, 4.69) is 25.9 Å². The molecule has 0 aliphatic rings. The predicted octanol–water partition coefficient (Wildman–Crippen LogP) is 5.35. The molecule has 4 rings (SSSR count). The molecule has 2 heterocycles. The van der Waals surface area contributed by atoms with Crippen molar-refractivity contribution in [2.24, 2.45) is 0 Å². The standard InChI is InChI=1S/C15H8BrFN2S/c16-9-2-4-11-12(6-9)19-15(18-11)14-5-8-1-3-10(17)7-13(8)20-14/h1-7H,(H,18,19). The Bertz CT molecular complexity index is 864. The molecule has 0 unspecified atom stereocenters. The summed E-state index contributed by atoms with van der Waals surface area (Å²) in [6, 6.07) is 12.8. The maximum Gasteiger partial charge on any atom is 0.148 e. The maximum absolute atomic E-state index is 13.2. The van der Waals surface area contributed by atoms with Gasteiger partial charge in [-0.3, -0.25) is 0 Å². The van der Waals surface area contributed by atoms with Crippen molar-refractivity contribution in [1.29, 1.82) is 0 Å². The Morgan fingerprint density at radius 3 is 2.90 bits per heavy atom. The highest BCUT2D eigenvalue weighted by molar-refractivity contribution is 9.10. The van der Waals surface area contributed by atoms with E-state index in [0.717, 1.165) is 36.3 Å². The van der Waals surface area contributed by atoms with Crippen LogP contribution in [0.3, 0.4) is 0 Å². The van der Waals surface area contributed by atoms with E-state index in [-0.39, 0.29) is 5.82 Å². The smallest absolute Gasteiger partial charge is 0.148 e. The maximum atomic E-state index is 13.2. The lowest BCUT2D eigenvalue weighted by Crippen LogP contribution is -1.72. The summed E-state index contributed by atoms with van der Waals surface area (Å²) in [5.41, 5.74) is 1.91. The lowest BCUT2D eigenvalue weighted by Gasteiger charge is -1.88. The molecule has 2 aromatic heterocycles. The minimum absolute atomic E-state index is 0.209. The highest BCUT2D eigenvalue weighted by Crippen LogP contribution is 2.33. The number of nitrogens with one attached hydrogen (secondary N) is 1. The van der Waals surface area contributed by atoms with E-state index in [4.69, 9.17) is 0 Å². The van der Waals surface area contributed by atoms with Crippen LogP contribution in [0.1, 0.15) is 0 Å². The van der Waals surface area contributed by atoms with Crippen LogP contribution in [-0.2, 0) is 0 Å². The number of thiophene rings is 1. The first kappa shape index (κ1) is 12.1. The van der Waals surface area contributed by atoms with Crippen LogP contribution in [0, 0.1) is 5.82 Å². The molecule has 0 saturated carbocycles. The van der Waals surface area contributed by atoms with Crippen molar-refractivity contribution < 1.29 is 4.39 Å². The normalized spacial score (nSPS) is 11.5. The summed E-state index contributed by atoms with van der Waals surface area (Å²) in [5.74, 6) is 0.610. The first-order chi connectivity index (χ1) is 9.69. The van der Waals surface area contributed by atoms with Gasteiger partial charge in [0, 0.05) is 9.17 Å². The molecule has 0 amide bonds. The molecule has 0 fully saturated rings. The van der Waals surface area contributed by atoms with Gasteiger partial charge in [0.2, 0.25) is 0 Å². The monoisotopic (exact) mass is 346 g/mol. The largest absolute Gasteiger partial charge is 0.337 e. The summed E-state index contributed by atoms with van der Waals surface area (Å²) in [6.45, 7) is 0. The number of nitrogens with zero attached hydrogens (tertiary/aromatic N) is 1. The Hall–Kier alpha value is -1.72. The van der Waals surface area contributed by atoms with Crippen molar-refractivity contribution in [2.75, 3.05) is 0 Å². The Labute approximate surface area is 126 Å². The molecule has 2 aromatic carbocycles. The highest BCUT2D eigenvalue weighted by Gasteiger charge is 2.09. The lowest BCUT2D eigenvalue weighted by molar-refractivity contribution is 0.630. The Morgan fingerprint density at radius 2 is 2.00 bits per heavy atom. The molecule has 5 heteroatoms. The van der Waals surface area contributed by atoms with Gasteiger partial charge in [-0.2, -0.15) is 0 Å². The third kappa shape index (κ3) is 1.94. The Kier molecular flexibility index (Phi) is 2.65. The number of halogens is 2. The van der Waals surface area contributed by atoms with Crippen LogP contribution in [0.15, 0.2) is 46.9 Å². The van der Waals surface area contributed by atoms with Crippen molar-refractivity contribution in [3.8, 4) is 10.7 Å². The number of imidazole rings is 1. The third-order valence-electron chi connectivity index (χ3n) is 3.16. The van der Waals surface area contributed by atoms with Gasteiger partial charge in [0.15, 0.2) is 0 Å². The number of hydrogen-bond acceptors (Lipinski definition) is 2. The minimum atomic E-state index is -0.209.